The first-order valence-corrected chi connectivity index (χ1v) is 8.48. The zero-order chi connectivity index (χ0) is 17.0. The zero-order valence-electron chi connectivity index (χ0n) is 14.5. The first-order valence-electron chi connectivity index (χ1n) is 8.48. The standard InChI is InChI=1S/C20H25N3O/c1-20(11-10-17-7-4-3-5-8-17)15-23(16-22(20)2)14-19(24)18-9-6-12-21-13-18/h3-9,12-13H,10-11,14-16H2,1-2H3. The average molecular weight is 323 g/mol. The number of Topliss-reactive ketones (excluding diaryl/α,β-unsaturated/α-hetero) is 1. The summed E-state index contributed by atoms with van der Waals surface area (Å²) in [5, 5.41) is 0. The minimum Gasteiger partial charge on any atom is -0.293 e. The van der Waals surface area contributed by atoms with E-state index in [1.807, 2.05) is 12.1 Å². The predicted molar refractivity (Wildman–Crippen MR) is 95.9 cm³/mol. The second kappa shape index (κ2) is 7.24. The molecule has 0 bridgehead atoms. The Morgan fingerprint density at radius 2 is 2.00 bits per heavy atom. The Bertz CT molecular complexity index is 674. The average Bonchev–Trinajstić information content (AvgIpc) is 2.89. The molecule has 0 saturated carbocycles. The van der Waals surface area contributed by atoms with Crippen molar-refractivity contribution in [2.75, 3.05) is 26.8 Å². The van der Waals surface area contributed by atoms with Gasteiger partial charge in [-0.2, -0.15) is 0 Å². The van der Waals surface area contributed by atoms with E-state index in [-0.39, 0.29) is 11.3 Å². The lowest BCUT2D eigenvalue weighted by Gasteiger charge is -2.31. The fraction of sp³-hybridized carbons (Fsp3) is 0.400. The van der Waals surface area contributed by atoms with Crippen LogP contribution in [-0.2, 0) is 6.42 Å². The van der Waals surface area contributed by atoms with Crippen molar-refractivity contribution in [2.24, 2.45) is 0 Å². The third-order valence-corrected chi connectivity index (χ3v) is 5.04. The second-order valence-corrected chi connectivity index (χ2v) is 6.97. The summed E-state index contributed by atoms with van der Waals surface area (Å²) in [5.74, 6) is 0.142. The Balaban J connectivity index is 1.58. The van der Waals surface area contributed by atoms with Crippen LogP contribution >= 0.6 is 0 Å². The molecule has 0 spiro atoms. The molecule has 1 fully saturated rings. The van der Waals surface area contributed by atoms with Crippen molar-refractivity contribution in [2.45, 2.75) is 25.3 Å². The van der Waals surface area contributed by atoms with Gasteiger partial charge in [-0.25, -0.2) is 0 Å². The normalized spacial score (nSPS) is 21.9. The molecule has 1 aromatic heterocycles. The smallest absolute Gasteiger partial charge is 0.178 e. The van der Waals surface area contributed by atoms with E-state index in [4.69, 9.17) is 0 Å². The highest BCUT2D eigenvalue weighted by Crippen LogP contribution is 2.28. The highest BCUT2D eigenvalue weighted by atomic mass is 16.1. The van der Waals surface area contributed by atoms with Crippen LogP contribution in [0.1, 0.15) is 29.3 Å². The quantitative estimate of drug-likeness (QED) is 0.766. The summed E-state index contributed by atoms with van der Waals surface area (Å²) < 4.78 is 0. The molecule has 0 N–H and O–H groups in total. The van der Waals surface area contributed by atoms with Gasteiger partial charge in [0.2, 0.25) is 0 Å². The molecule has 0 radical (unpaired) electrons. The number of rotatable bonds is 6. The number of benzene rings is 1. The Kier molecular flexibility index (Phi) is 5.07. The van der Waals surface area contributed by atoms with Gasteiger partial charge in [-0.1, -0.05) is 30.3 Å². The lowest BCUT2D eigenvalue weighted by Crippen LogP contribution is -2.41. The molecule has 2 heterocycles. The van der Waals surface area contributed by atoms with E-state index in [0.717, 1.165) is 26.1 Å². The SMILES string of the molecule is CN1CN(CC(=O)c2cccnc2)CC1(C)CCc1ccccc1. The molecular weight excluding hydrogens is 298 g/mol. The van der Waals surface area contributed by atoms with E-state index in [9.17, 15) is 4.79 Å². The van der Waals surface area contributed by atoms with E-state index >= 15 is 0 Å². The number of aromatic nitrogens is 1. The van der Waals surface area contributed by atoms with Crippen LogP contribution in [0.25, 0.3) is 0 Å². The van der Waals surface area contributed by atoms with E-state index in [0.29, 0.717) is 12.1 Å². The number of nitrogens with zero attached hydrogens (tertiary/aromatic N) is 3. The van der Waals surface area contributed by atoms with Crippen molar-refractivity contribution in [1.29, 1.82) is 0 Å². The van der Waals surface area contributed by atoms with Gasteiger partial charge in [0, 0.05) is 30.0 Å². The fourth-order valence-corrected chi connectivity index (χ4v) is 3.38. The molecule has 1 aliphatic rings. The van der Waals surface area contributed by atoms with Gasteiger partial charge in [0.1, 0.15) is 0 Å². The topological polar surface area (TPSA) is 36.4 Å². The van der Waals surface area contributed by atoms with Gasteiger partial charge in [-0.3, -0.25) is 19.6 Å². The summed E-state index contributed by atoms with van der Waals surface area (Å²) in [4.78, 5) is 21.0. The number of ketones is 1. The molecule has 1 aromatic carbocycles. The molecule has 24 heavy (non-hydrogen) atoms. The van der Waals surface area contributed by atoms with E-state index in [2.05, 4.69) is 59.1 Å². The van der Waals surface area contributed by atoms with Gasteiger partial charge in [-0.05, 0) is 44.5 Å². The monoisotopic (exact) mass is 323 g/mol. The summed E-state index contributed by atoms with van der Waals surface area (Å²) in [7, 11) is 2.15. The highest BCUT2D eigenvalue weighted by molar-refractivity contribution is 5.97. The molecule has 0 amide bonds. The first kappa shape index (κ1) is 16.8. The molecule has 0 aliphatic carbocycles. The Morgan fingerprint density at radius 1 is 1.21 bits per heavy atom. The van der Waals surface area contributed by atoms with Crippen LogP contribution in [0.5, 0.6) is 0 Å². The van der Waals surface area contributed by atoms with Crippen LogP contribution in [0.4, 0.5) is 0 Å². The predicted octanol–water partition coefficient (Wildman–Crippen LogP) is 2.86. The summed E-state index contributed by atoms with van der Waals surface area (Å²) in [6.07, 6.45) is 5.49. The minimum atomic E-state index is 0.102. The van der Waals surface area contributed by atoms with Crippen LogP contribution < -0.4 is 0 Å². The Morgan fingerprint density at radius 3 is 2.71 bits per heavy atom. The number of aryl methyl sites for hydroxylation is 1. The second-order valence-electron chi connectivity index (χ2n) is 6.97. The third-order valence-electron chi connectivity index (χ3n) is 5.04. The maximum absolute atomic E-state index is 12.4. The third kappa shape index (κ3) is 3.89. The highest BCUT2D eigenvalue weighted by Gasteiger charge is 2.38. The van der Waals surface area contributed by atoms with E-state index < -0.39 is 0 Å². The molecule has 2 aromatic rings. The molecule has 3 rings (SSSR count). The largest absolute Gasteiger partial charge is 0.293 e. The minimum absolute atomic E-state index is 0.102. The summed E-state index contributed by atoms with van der Waals surface area (Å²) >= 11 is 0. The first-order chi connectivity index (χ1) is 11.6. The maximum atomic E-state index is 12.4. The lowest BCUT2D eigenvalue weighted by molar-refractivity contribution is 0.0936. The summed E-state index contributed by atoms with van der Waals surface area (Å²) in [5.41, 5.74) is 2.17. The van der Waals surface area contributed by atoms with Crippen molar-refractivity contribution >= 4 is 5.78 Å². The van der Waals surface area contributed by atoms with Gasteiger partial charge in [-0.15, -0.1) is 0 Å². The van der Waals surface area contributed by atoms with Crippen molar-refractivity contribution < 1.29 is 4.79 Å². The van der Waals surface area contributed by atoms with Crippen molar-refractivity contribution in [1.82, 2.24) is 14.8 Å². The van der Waals surface area contributed by atoms with Crippen molar-refractivity contribution in [3.8, 4) is 0 Å². The van der Waals surface area contributed by atoms with Gasteiger partial charge >= 0.3 is 0 Å². The number of hydrogen-bond donors (Lipinski definition) is 0. The Labute approximate surface area is 144 Å². The van der Waals surface area contributed by atoms with E-state index in [1.54, 1.807) is 12.4 Å². The molecular formula is C20H25N3O. The summed E-state index contributed by atoms with van der Waals surface area (Å²) in [6, 6.07) is 14.3. The fourth-order valence-electron chi connectivity index (χ4n) is 3.38. The number of hydrogen-bond acceptors (Lipinski definition) is 4. The van der Waals surface area contributed by atoms with Crippen LogP contribution in [0.3, 0.4) is 0 Å². The van der Waals surface area contributed by atoms with Crippen LogP contribution in [0.15, 0.2) is 54.9 Å². The zero-order valence-corrected chi connectivity index (χ0v) is 14.5. The van der Waals surface area contributed by atoms with E-state index in [1.165, 1.54) is 5.56 Å². The molecule has 1 aliphatic heterocycles. The van der Waals surface area contributed by atoms with Gasteiger partial charge in [0.25, 0.3) is 0 Å². The van der Waals surface area contributed by atoms with Crippen LogP contribution in [0, 0.1) is 0 Å². The molecule has 1 saturated heterocycles. The number of carbonyl (C=O) groups is 1. The number of pyridine rings is 1. The van der Waals surface area contributed by atoms with Crippen LogP contribution in [-0.4, -0.2) is 52.9 Å². The molecule has 126 valence electrons. The van der Waals surface area contributed by atoms with Gasteiger partial charge < -0.3 is 0 Å². The lowest BCUT2D eigenvalue weighted by atomic mass is 9.93. The molecule has 4 nitrogen and oxygen atoms in total. The molecule has 4 heteroatoms. The maximum Gasteiger partial charge on any atom is 0.178 e. The van der Waals surface area contributed by atoms with Gasteiger partial charge in [0.15, 0.2) is 5.78 Å². The number of likely N-dealkylation sites (N-methyl/N-ethyl adjacent to an activating group) is 1. The molecule has 1 unspecified atom stereocenters. The summed E-state index contributed by atoms with van der Waals surface area (Å²) in [6.45, 7) is 4.50. The van der Waals surface area contributed by atoms with Gasteiger partial charge in [0.05, 0.1) is 13.2 Å². The molecule has 1 atom stereocenters. The Hall–Kier alpha value is -2.04. The number of carbonyl (C=O) groups excluding carboxylic acids is 1. The van der Waals surface area contributed by atoms with Crippen LogP contribution in [0.2, 0.25) is 0 Å². The van der Waals surface area contributed by atoms with Crippen molar-refractivity contribution in [3.63, 3.8) is 0 Å². The van der Waals surface area contributed by atoms with Crippen molar-refractivity contribution in [3.05, 3.63) is 66.0 Å².